The van der Waals surface area contributed by atoms with Crippen LogP contribution < -0.4 is 0 Å². The molecular formula is C14H15BrClN5. The molecular weight excluding hydrogens is 354 g/mol. The average Bonchev–Trinajstić information content (AvgIpc) is 2.94. The van der Waals surface area contributed by atoms with E-state index in [-0.39, 0.29) is 5.38 Å². The van der Waals surface area contributed by atoms with E-state index in [0.717, 1.165) is 32.7 Å². The van der Waals surface area contributed by atoms with Crippen LogP contribution in [0.3, 0.4) is 0 Å². The van der Waals surface area contributed by atoms with Crippen molar-refractivity contribution in [3.05, 3.63) is 40.0 Å². The van der Waals surface area contributed by atoms with Crippen molar-refractivity contribution in [3.8, 4) is 0 Å². The Hall–Kier alpha value is -1.40. The van der Waals surface area contributed by atoms with Crippen LogP contribution >= 0.6 is 27.5 Å². The zero-order valence-electron chi connectivity index (χ0n) is 12.0. The maximum atomic E-state index is 6.29. The van der Waals surface area contributed by atoms with Crippen molar-refractivity contribution in [3.63, 3.8) is 0 Å². The van der Waals surface area contributed by atoms with E-state index in [9.17, 15) is 0 Å². The first kappa shape index (κ1) is 14.5. The lowest BCUT2D eigenvalue weighted by atomic mass is 10.2. The summed E-state index contributed by atoms with van der Waals surface area (Å²) in [6.45, 7) is 4.64. The van der Waals surface area contributed by atoms with Gasteiger partial charge in [-0.1, -0.05) is 0 Å². The van der Waals surface area contributed by atoms with Crippen LogP contribution in [0.4, 0.5) is 0 Å². The lowest BCUT2D eigenvalue weighted by Crippen LogP contribution is -2.07. The van der Waals surface area contributed by atoms with E-state index >= 15 is 0 Å². The van der Waals surface area contributed by atoms with Crippen LogP contribution in [0, 0.1) is 6.92 Å². The van der Waals surface area contributed by atoms with Gasteiger partial charge in [-0.3, -0.25) is 4.68 Å². The fourth-order valence-corrected chi connectivity index (χ4v) is 2.82. The largest absolute Gasteiger partial charge is 0.307 e. The molecule has 0 amide bonds. The molecule has 3 aromatic heterocycles. The summed E-state index contributed by atoms with van der Waals surface area (Å²) in [5, 5.41) is 4.10. The molecule has 0 aliphatic heterocycles. The van der Waals surface area contributed by atoms with Gasteiger partial charge in [0.2, 0.25) is 0 Å². The summed E-state index contributed by atoms with van der Waals surface area (Å²) >= 11 is 9.71. The molecule has 0 aliphatic rings. The Morgan fingerprint density at radius 2 is 2.14 bits per heavy atom. The van der Waals surface area contributed by atoms with Crippen LogP contribution in [0.1, 0.15) is 29.4 Å². The molecule has 0 N–H and O–H groups in total. The van der Waals surface area contributed by atoms with E-state index in [1.54, 1.807) is 6.20 Å². The van der Waals surface area contributed by atoms with Gasteiger partial charge in [-0.2, -0.15) is 5.10 Å². The van der Waals surface area contributed by atoms with E-state index < -0.39 is 0 Å². The summed E-state index contributed by atoms with van der Waals surface area (Å²) in [7, 11) is 1.94. The molecule has 1 atom stereocenters. The van der Waals surface area contributed by atoms with Crippen LogP contribution in [0.2, 0.25) is 0 Å². The van der Waals surface area contributed by atoms with Gasteiger partial charge in [-0.25, -0.2) is 9.97 Å². The van der Waals surface area contributed by atoms with Crippen molar-refractivity contribution in [1.29, 1.82) is 0 Å². The lowest BCUT2D eigenvalue weighted by molar-refractivity contribution is 0.717. The molecule has 0 aromatic carbocycles. The Morgan fingerprint density at radius 3 is 2.76 bits per heavy atom. The van der Waals surface area contributed by atoms with Gasteiger partial charge in [-0.15, -0.1) is 11.6 Å². The molecule has 3 rings (SSSR count). The topological polar surface area (TPSA) is 48.5 Å². The third-order valence-corrected chi connectivity index (χ3v) is 4.23. The van der Waals surface area contributed by atoms with Crippen LogP contribution in [-0.2, 0) is 13.6 Å². The number of fused-ring (bicyclic) bond motifs is 1. The smallest absolute Gasteiger partial charge is 0.160 e. The maximum Gasteiger partial charge on any atom is 0.160 e. The number of pyridine rings is 1. The van der Waals surface area contributed by atoms with Crippen molar-refractivity contribution in [2.75, 3.05) is 0 Å². The van der Waals surface area contributed by atoms with Crippen molar-refractivity contribution in [2.24, 2.45) is 7.05 Å². The van der Waals surface area contributed by atoms with E-state index in [1.807, 2.05) is 30.9 Å². The van der Waals surface area contributed by atoms with Crippen LogP contribution in [0.5, 0.6) is 0 Å². The molecule has 110 valence electrons. The van der Waals surface area contributed by atoms with E-state index in [1.165, 1.54) is 0 Å². The second kappa shape index (κ2) is 5.42. The van der Waals surface area contributed by atoms with Crippen molar-refractivity contribution < 1.29 is 0 Å². The number of halogens is 2. The van der Waals surface area contributed by atoms with Crippen LogP contribution in [0.25, 0.3) is 11.2 Å². The van der Waals surface area contributed by atoms with Crippen molar-refractivity contribution in [1.82, 2.24) is 24.3 Å². The zero-order valence-corrected chi connectivity index (χ0v) is 14.4. The second-order valence-electron chi connectivity index (χ2n) is 5.05. The minimum absolute atomic E-state index is 0.185. The number of aryl methyl sites for hydroxylation is 1. The van der Waals surface area contributed by atoms with Gasteiger partial charge in [0, 0.05) is 29.0 Å². The zero-order chi connectivity index (χ0) is 15.1. The predicted molar refractivity (Wildman–Crippen MR) is 86.5 cm³/mol. The number of nitrogens with zero attached hydrogens (tertiary/aromatic N) is 5. The highest BCUT2D eigenvalue weighted by Gasteiger charge is 2.17. The van der Waals surface area contributed by atoms with Gasteiger partial charge < -0.3 is 4.57 Å². The number of alkyl halides is 1. The molecule has 0 bridgehead atoms. The first-order valence-electron chi connectivity index (χ1n) is 6.60. The fourth-order valence-electron chi connectivity index (χ4n) is 2.33. The quantitative estimate of drug-likeness (QED) is 0.664. The molecule has 0 spiro atoms. The summed E-state index contributed by atoms with van der Waals surface area (Å²) in [6.07, 6.45) is 3.65. The SMILES string of the molecule is Cc1c(Cn2c(C(C)Cl)nc3cc(Br)cnc32)cnn1C. The highest BCUT2D eigenvalue weighted by Crippen LogP contribution is 2.26. The summed E-state index contributed by atoms with van der Waals surface area (Å²) in [4.78, 5) is 9.10. The number of hydrogen-bond acceptors (Lipinski definition) is 3. The third kappa shape index (κ3) is 2.58. The Bertz CT molecular complexity index is 805. The second-order valence-corrected chi connectivity index (χ2v) is 6.62. The molecule has 3 aromatic rings. The molecule has 0 saturated carbocycles. The minimum atomic E-state index is -0.185. The minimum Gasteiger partial charge on any atom is -0.307 e. The average molecular weight is 369 g/mol. The molecule has 3 heterocycles. The first-order valence-corrected chi connectivity index (χ1v) is 7.83. The Kier molecular flexibility index (Phi) is 3.75. The van der Waals surface area contributed by atoms with Gasteiger partial charge in [0.1, 0.15) is 11.3 Å². The maximum absolute atomic E-state index is 6.29. The Morgan fingerprint density at radius 1 is 1.38 bits per heavy atom. The Labute approximate surface area is 136 Å². The molecule has 5 nitrogen and oxygen atoms in total. The van der Waals surface area contributed by atoms with E-state index in [0.29, 0.717) is 6.54 Å². The summed E-state index contributed by atoms with van der Waals surface area (Å²) < 4.78 is 4.83. The van der Waals surface area contributed by atoms with E-state index in [2.05, 4.69) is 42.5 Å². The molecule has 21 heavy (non-hydrogen) atoms. The van der Waals surface area contributed by atoms with Gasteiger partial charge in [0.05, 0.1) is 18.1 Å². The normalized spacial score (nSPS) is 13.0. The molecule has 7 heteroatoms. The van der Waals surface area contributed by atoms with Crippen LogP contribution in [-0.4, -0.2) is 24.3 Å². The molecule has 1 unspecified atom stereocenters. The highest BCUT2D eigenvalue weighted by atomic mass is 79.9. The van der Waals surface area contributed by atoms with Crippen LogP contribution in [0.15, 0.2) is 22.9 Å². The summed E-state index contributed by atoms with van der Waals surface area (Å²) in [5.74, 6) is 0.820. The number of hydrogen-bond donors (Lipinski definition) is 0. The van der Waals surface area contributed by atoms with Gasteiger partial charge >= 0.3 is 0 Å². The Balaban J connectivity index is 2.15. The van der Waals surface area contributed by atoms with E-state index in [4.69, 9.17) is 11.6 Å². The summed E-state index contributed by atoms with van der Waals surface area (Å²) in [5.41, 5.74) is 3.94. The van der Waals surface area contributed by atoms with Crippen molar-refractivity contribution in [2.45, 2.75) is 25.8 Å². The molecule has 0 fully saturated rings. The number of rotatable bonds is 3. The van der Waals surface area contributed by atoms with Crippen molar-refractivity contribution >= 4 is 38.7 Å². The monoisotopic (exact) mass is 367 g/mol. The predicted octanol–water partition coefficient (Wildman–Crippen LogP) is 3.58. The van der Waals surface area contributed by atoms with Gasteiger partial charge in [0.25, 0.3) is 0 Å². The standard InChI is InChI=1S/C14H15BrClN5/c1-8(16)13-19-12-4-11(15)6-17-14(12)21(13)7-10-5-18-20(3)9(10)2/h4-6,8H,7H2,1-3H3. The summed E-state index contributed by atoms with van der Waals surface area (Å²) in [6, 6.07) is 1.96. The molecule has 0 saturated heterocycles. The number of imidazole rings is 1. The lowest BCUT2D eigenvalue weighted by Gasteiger charge is -2.09. The first-order chi connectivity index (χ1) is 9.97. The highest BCUT2D eigenvalue weighted by molar-refractivity contribution is 9.10. The van der Waals surface area contributed by atoms with Gasteiger partial charge in [-0.05, 0) is 35.8 Å². The van der Waals surface area contributed by atoms with Gasteiger partial charge in [0.15, 0.2) is 5.65 Å². The molecule has 0 aliphatic carbocycles. The molecule has 0 radical (unpaired) electrons. The fraction of sp³-hybridized carbons (Fsp3) is 0.357. The number of aromatic nitrogens is 5. The third-order valence-electron chi connectivity index (χ3n) is 3.60.